The Morgan fingerprint density at radius 3 is 2.61 bits per heavy atom. The highest BCUT2D eigenvalue weighted by Crippen LogP contribution is 2.15. The van der Waals surface area contributed by atoms with E-state index in [1.165, 1.54) is 12.5 Å². The summed E-state index contributed by atoms with van der Waals surface area (Å²) in [6.45, 7) is 1.23. The SMILES string of the molecule is Nc1cccc(C(=O)NC2CCN(C(=O)c3ccoc3)CC2)c1. The number of nitrogens with zero attached hydrogens (tertiary/aromatic N) is 1. The third-order valence-electron chi connectivity index (χ3n) is 4.03. The summed E-state index contributed by atoms with van der Waals surface area (Å²) in [6, 6.07) is 8.64. The minimum Gasteiger partial charge on any atom is -0.472 e. The molecule has 1 aromatic carbocycles. The number of anilines is 1. The standard InChI is InChI=1S/C17H19N3O3/c18-14-3-1-2-12(10-14)16(21)19-15-4-7-20(8-5-15)17(22)13-6-9-23-11-13/h1-3,6,9-11,15H,4-5,7-8,18H2,(H,19,21). The Kier molecular flexibility index (Phi) is 4.32. The third kappa shape index (κ3) is 3.53. The van der Waals surface area contributed by atoms with Crippen molar-refractivity contribution in [2.24, 2.45) is 0 Å². The number of nitrogen functional groups attached to an aromatic ring is 1. The number of carbonyl (C=O) groups is 2. The van der Waals surface area contributed by atoms with Crippen molar-refractivity contribution in [1.82, 2.24) is 10.2 Å². The topological polar surface area (TPSA) is 88.6 Å². The van der Waals surface area contributed by atoms with Gasteiger partial charge in [-0.05, 0) is 37.1 Å². The zero-order chi connectivity index (χ0) is 16.2. The first-order chi connectivity index (χ1) is 11.1. The second-order valence-electron chi connectivity index (χ2n) is 5.68. The molecule has 120 valence electrons. The molecule has 6 heteroatoms. The van der Waals surface area contributed by atoms with Crippen LogP contribution in [0.1, 0.15) is 33.6 Å². The Bertz CT molecular complexity index is 689. The molecule has 3 N–H and O–H groups in total. The molecule has 1 fully saturated rings. The number of piperidine rings is 1. The first-order valence-electron chi connectivity index (χ1n) is 7.61. The quantitative estimate of drug-likeness (QED) is 0.847. The van der Waals surface area contributed by atoms with Crippen LogP contribution in [0, 0.1) is 0 Å². The molecule has 3 rings (SSSR count). The van der Waals surface area contributed by atoms with Crippen LogP contribution in [-0.2, 0) is 0 Å². The second-order valence-corrected chi connectivity index (χ2v) is 5.68. The number of nitrogens with two attached hydrogens (primary N) is 1. The smallest absolute Gasteiger partial charge is 0.257 e. The highest BCUT2D eigenvalue weighted by molar-refractivity contribution is 5.95. The summed E-state index contributed by atoms with van der Waals surface area (Å²) in [6.07, 6.45) is 4.41. The molecular formula is C17H19N3O3. The summed E-state index contributed by atoms with van der Waals surface area (Å²) in [4.78, 5) is 26.2. The van der Waals surface area contributed by atoms with Gasteiger partial charge in [-0.3, -0.25) is 9.59 Å². The van der Waals surface area contributed by atoms with Crippen molar-refractivity contribution >= 4 is 17.5 Å². The molecule has 0 saturated carbocycles. The fourth-order valence-electron chi connectivity index (χ4n) is 2.74. The number of nitrogens with one attached hydrogen (secondary N) is 1. The summed E-state index contributed by atoms with van der Waals surface area (Å²) in [7, 11) is 0. The lowest BCUT2D eigenvalue weighted by molar-refractivity contribution is 0.0697. The van der Waals surface area contributed by atoms with Gasteiger partial charge < -0.3 is 20.4 Å². The zero-order valence-corrected chi connectivity index (χ0v) is 12.7. The molecule has 1 aliphatic rings. The molecule has 2 heterocycles. The van der Waals surface area contributed by atoms with E-state index in [-0.39, 0.29) is 17.9 Å². The minimum atomic E-state index is -0.128. The van der Waals surface area contributed by atoms with Gasteiger partial charge in [-0.25, -0.2) is 0 Å². The Balaban J connectivity index is 1.53. The van der Waals surface area contributed by atoms with Crippen molar-refractivity contribution in [3.63, 3.8) is 0 Å². The largest absolute Gasteiger partial charge is 0.472 e. The van der Waals surface area contributed by atoms with E-state index in [1.807, 2.05) is 0 Å². The van der Waals surface area contributed by atoms with Gasteiger partial charge in [0.25, 0.3) is 11.8 Å². The van der Waals surface area contributed by atoms with Crippen molar-refractivity contribution < 1.29 is 14.0 Å². The van der Waals surface area contributed by atoms with Crippen LogP contribution < -0.4 is 11.1 Å². The maximum absolute atomic E-state index is 12.2. The lowest BCUT2D eigenvalue weighted by Crippen LogP contribution is -2.46. The Hall–Kier alpha value is -2.76. The molecule has 0 atom stereocenters. The normalized spacial score (nSPS) is 15.4. The lowest BCUT2D eigenvalue weighted by atomic mass is 10.0. The summed E-state index contributed by atoms with van der Waals surface area (Å²) >= 11 is 0. The van der Waals surface area contributed by atoms with Gasteiger partial charge in [0.1, 0.15) is 6.26 Å². The molecule has 0 bridgehead atoms. The zero-order valence-electron chi connectivity index (χ0n) is 12.7. The average molecular weight is 313 g/mol. The maximum atomic E-state index is 12.2. The Labute approximate surface area is 134 Å². The number of hydrogen-bond donors (Lipinski definition) is 2. The van der Waals surface area contributed by atoms with E-state index in [1.54, 1.807) is 35.2 Å². The van der Waals surface area contributed by atoms with Crippen LogP contribution in [0.4, 0.5) is 5.69 Å². The molecule has 2 amide bonds. The van der Waals surface area contributed by atoms with Gasteiger partial charge in [-0.2, -0.15) is 0 Å². The number of furan rings is 1. The van der Waals surface area contributed by atoms with E-state index in [9.17, 15) is 9.59 Å². The van der Waals surface area contributed by atoms with Gasteiger partial charge in [0.15, 0.2) is 0 Å². The molecule has 0 spiro atoms. The summed E-state index contributed by atoms with van der Waals surface area (Å²) in [5, 5.41) is 3.01. The summed E-state index contributed by atoms with van der Waals surface area (Å²) < 4.78 is 4.94. The number of carbonyl (C=O) groups excluding carboxylic acids is 2. The van der Waals surface area contributed by atoms with Gasteiger partial charge in [-0.15, -0.1) is 0 Å². The number of rotatable bonds is 3. The molecule has 0 unspecified atom stereocenters. The monoisotopic (exact) mass is 313 g/mol. The van der Waals surface area contributed by atoms with E-state index < -0.39 is 0 Å². The molecule has 1 saturated heterocycles. The molecule has 2 aromatic rings. The van der Waals surface area contributed by atoms with E-state index in [0.29, 0.717) is 29.9 Å². The Morgan fingerprint density at radius 1 is 1.17 bits per heavy atom. The van der Waals surface area contributed by atoms with Crippen molar-refractivity contribution in [1.29, 1.82) is 0 Å². The first kappa shape index (κ1) is 15.1. The maximum Gasteiger partial charge on any atom is 0.257 e. The molecule has 6 nitrogen and oxygen atoms in total. The van der Waals surface area contributed by atoms with Gasteiger partial charge in [0.05, 0.1) is 11.8 Å². The average Bonchev–Trinajstić information content (AvgIpc) is 3.09. The molecule has 1 aliphatic heterocycles. The van der Waals surface area contributed by atoms with Crippen molar-refractivity contribution in [3.05, 3.63) is 54.0 Å². The van der Waals surface area contributed by atoms with Gasteiger partial charge in [-0.1, -0.05) is 6.07 Å². The van der Waals surface area contributed by atoms with E-state index in [4.69, 9.17) is 10.2 Å². The van der Waals surface area contributed by atoms with Crippen LogP contribution in [0.5, 0.6) is 0 Å². The third-order valence-corrected chi connectivity index (χ3v) is 4.03. The summed E-state index contributed by atoms with van der Waals surface area (Å²) in [5.74, 6) is -0.156. The summed E-state index contributed by atoms with van der Waals surface area (Å²) in [5.41, 5.74) is 7.38. The molecule has 1 aromatic heterocycles. The van der Waals surface area contributed by atoms with Crippen LogP contribution in [0.2, 0.25) is 0 Å². The van der Waals surface area contributed by atoms with E-state index in [2.05, 4.69) is 5.32 Å². The fourth-order valence-corrected chi connectivity index (χ4v) is 2.74. The van der Waals surface area contributed by atoms with Crippen LogP contribution in [0.15, 0.2) is 47.3 Å². The highest BCUT2D eigenvalue weighted by Gasteiger charge is 2.25. The number of hydrogen-bond acceptors (Lipinski definition) is 4. The van der Waals surface area contributed by atoms with Crippen molar-refractivity contribution in [2.75, 3.05) is 18.8 Å². The predicted molar refractivity (Wildman–Crippen MR) is 86.0 cm³/mol. The van der Waals surface area contributed by atoms with E-state index in [0.717, 1.165) is 12.8 Å². The molecular weight excluding hydrogens is 294 g/mol. The predicted octanol–water partition coefficient (Wildman–Crippen LogP) is 1.90. The van der Waals surface area contributed by atoms with Crippen LogP contribution in [-0.4, -0.2) is 35.8 Å². The number of amides is 2. The molecule has 23 heavy (non-hydrogen) atoms. The lowest BCUT2D eigenvalue weighted by Gasteiger charge is -2.32. The number of benzene rings is 1. The fraction of sp³-hybridized carbons (Fsp3) is 0.294. The minimum absolute atomic E-state index is 0.0284. The molecule has 0 aliphatic carbocycles. The van der Waals surface area contributed by atoms with E-state index >= 15 is 0 Å². The molecule has 0 radical (unpaired) electrons. The van der Waals surface area contributed by atoms with Gasteiger partial charge in [0.2, 0.25) is 0 Å². The van der Waals surface area contributed by atoms with Crippen LogP contribution >= 0.6 is 0 Å². The second kappa shape index (κ2) is 6.56. The van der Waals surface area contributed by atoms with Crippen LogP contribution in [0.25, 0.3) is 0 Å². The highest BCUT2D eigenvalue weighted by atomic mass is 16.3. The number of likely N-dealkylation sites (tertiary alicyclic amines) is 1. The van der Waals surface area contributed by atoms with Crippen molar-refractivity contribution in [3.8, 4) is 0 Å². The van der Waals surface area contributed by atoms with Crippen LogP contribution in [0.3, 0.4) is 0 Å². The van der Waals surface area contributed by atoms with Crippen molar-refractivity contribution in [2.45, 2.75) is 18.9 Å². The van der Waals surface area contributed by atoms with Gasteiger partial charge >= 0.3 is 0 Å². The van der Waals surface area contributed by atoms with Gasteiger partial charge in [0, 0.05) is 30.4 Å². The first-order valence-corrected chi connectivity index (χ1v) is 7.61. The Morgan fingerprint density at radius 2 is 1.96 bits per heavy atom.